The standard InChI is InChI=1S/C18H18ClNO2/c19-16-9-5-4-8-15(16)18(22)10-12-20(13-11-18)17(21)14-6-2-1-3-7-14/h1-9,22H,10-13H2. The van der Waals surface area contributed by atoms with Crippen LogP contribution in [0.5, 0.6) is 0 Å². The lowest BCUT2D eigenvalue weighted by Gasteiger charge is -2.39. The van der Waals surface area contributed by atoms with E-state index < -0.39 is 5.60 Å². The number of amides is 1. The summed E-state index contributed by atoms with van der Waals surface area (Å²) in [4.78, 5) is 14.2. The second-order valence-corrected chi connectivity index (χ2v) is 6.08. The van der Waals surface area contributed by atoms with Gasteiger partial charge in [-0.15, -0.1) is 0 Å². The first-order chi connectivity index (χ1) is 10.6. The van der Waals surface area contributed by atoms with Crippen LogP contribution in [-0.4, -0.2) is 29.0 Å². The predicted octanol–water partition coefficient (Wildman–Crippen LogP) is 3.46. The van der Waals surface area contributed by atoms with Crippen LogP contribution >= 0.6 is 11.6 Å². The van der Waals surface area contributed by atoms with E-state index >= 15 is 0 Å². The van der Waals surface area contributed by atoms with Crippen LogP contribution in [0.25, 0.3) is 0 Å². The minimum Gasteiger partial charge on any atom is -0.385 e. The maximum absolute atomic E-state index is 12.4. The van der Waals surface area contributed by atoms with Crippen molar-refractivity contribution in [2.24, 2.45) is 0 Å². The molecule has 1 heterocycles. The Kier molecular flexibility index (Phi) is 4.19. The first-order valence-electron chi connectivity index (χ1n) is 7.42. The molecule has 0 bridgehead atoms. The third kappa shape index (κ3) is 2.87. The number of likely N-dealkylation sites (tertiary alicyclic amines) is 1. The van der Waals surface area contributed by atoms with Gasteiger partial charge in [-0.3, -0.25) is 4.79 Å². The lowest BCUT2D eigenvalue weighted by atomic mass is 9.84. The van der Waals surface area contributed by atoms with Crippen molar-refractivity contribution < 1.29 is 9.90 Å². The second kappa shape index (κ2) is 6.11. The lowest BCUT2D eigenvalue weighted by molar-refractivity contribution is -0.0210. The molecule has 0 saturated carbocycles. The summed E-state index contributed by atoms with van der Waals surface area (Å²) in [6.07, 6.45) is 0.991. The molecule has 1 saturated heterocycles. The molecule has 1 amide bonds. The van der Waals surface area contributed by atoms with Crippen LogP contribution in [0.4, 0.5) is 0 Å². The monoisotopic (exact) mass is 315 g/mol. The SMILES string of the molecule is O=C(c1ccccc1)N1CCC(O)(c2ccccc2Cl)CC1. The zero-order chi connectivity index (χ0) is 15.6. The summed E-state index contributed by atoms with van der Waals surface area (Å²) in [5.41, 5.74) is 0.486. The quantitative estimate of drug-likeness (QED) is 0.922. The molecule has 114 valence electrons. The molecule has 0 aliphatic carbocycles. The fraction of sp³-hybridized carbons (Fsp3) is 0.278. The van der Waals surface area contributed by atoms with E-state index in [0.29, 0.717) is 36.5 Å². The molecule has 0 atom stereocenters. The van der Waals surface area contributed by atoms with Gasteiger partial charge in [0.15, 0.2) is 0 Å². The van der Waals surface area contributed by atoms with Crippen molar-refractivity contribution in [3.63, 3.8) is 0 Å². The molecule has 2 aromatic rings. The summed E-state index contributed by atoms with van der Waals surface area (Å²) in [5.74, 6) is 0.0156. The first kappa shape index (κ1) is 15.1. The molecule has 3 nitrogen and oxygen atoms in total. The minimum atomic E-state index is -0.953. The molecule has 22 heavy (non-hydrogen) atoms. The van der Waals surface area contributed by atoms with Crippen molar-refractivity contribution in [3.8, 4) is 0 Å². The smallest absolute Gasteiger partial charge is 0.253 e. The Bertz CT molecular complexity index is 664. The van der Waals surface area contributed by atoms with Crippen LogP contribution in [0.2, 0.25) is 5.02 Å². The number of benzene rings is 2. The van der Waals surface area contributed by atoms with Crippen molar-refractivity contribution in [1.29, 1.82) is 0 Å². The number of carbonyl (C=O) groups excluding carboxylic acids is 1. The zero-order valence-electron chi connectivity index (χ0n) is 12.2. The highest BCUT2D eigenvalue weighted by Crippen LogP contribution is 2.36. The summed E-state index contributed by atoms with van der Waals surface area (Å²) in [6.45, 7) is 1.05. The molecule has 1 aliphatic heterocycles. The summed E-state index contributed by atoms with van der Waals surface area (Å²) >= 11 is 6.20. The van der Waals surface area contributed by atoms with E-state index in [0.717, 1.165) is 5.56 Å². The zero-order valence-corrected chi connectivity index (χ0v) is 13.0. The predicted molar refractivity (Wildman–Crippen MR) is 86.9 cm³/mol. The fourth-order valence-electron chi connectivity index (χ4n) is 2.95. The summed E-state index contributed by atoms with van der Waals surface area (Å²) in [6, 6.07) is 16.6. The second-order valence-electron chi connectivity index (χ2n) is 5.67. The highest BCUT2D eigenvalue weighted by Gasteiger charge is 2.36. The Morgan fingerprint density at radius 1 is 1.00 bits per heavy atom. The number of halogens is 1. The van der Waals surface area contributed by atoms with Gasteiger partial charge in [0.1, 0.15) is 0 Å². The summed E-state index contributed by atoms with van der Waals surface area (Å²) in [5, 5.41) is 11.4. The topological polar surface area (TPSA) is 40.5 Å². The molecule has 4 heteroatoms. The van der Waals surface area contributed by atoms with Crippen molar-refractivity contribution >= 4 is 17.5 Å². The maximum atomic E-state index is 12.4. The third-order valence-electron chi connectivity index (χ3n) is 4.27. The van der Waals surface area contributed by atoms with Gasteiger partial charge < -0.3 is 10.0 Å². The highest BCUT2D eigenvalue weighted by atomic mass is 35.5. The molecule has 0 aromatic heterocycles. The summed E-state index contributed by atoms with van der Waals surface area (Å²) in [7, 11) is 0. The van der Waals surface area contributed by atoms with Crippen LogP contribution in [0.1, 0.15) is 28.8 Å². The van der Waals surface area contributed by atoms with Crippen molar-refractivity contribution in [3.05, 3.63) is 70.7 Å². The van der Waals surface area contributed by atoms with Gasteiger partial charge in [0.05, 0.1) is 5.60 Å². The minimum absolute atomic E-state index is 0.0156. The molecule has 2 aromatic carbocycles. The summed E-state index contributed by atoms with van der Waals surface area (Å²) < 4.78 is 0. The van der Waals surface area contributed by atoms with Crippen LogP contribution < -0.4 is 0 Å². The number of aliphatic hydroxyl groups is 1. The van der Waals surface area contributed by atoms with Crippen LogP contribution in [0.15, 0.2) is 54.6 Å². The van der Waals surface area contributed by atoms with Gasteiger partial charge in [-0.2, -0.15) is 0 Å². The molecule has 1 fully saturated rings. The van der Waals surface area contributed by atoms with E-state index in [2.05, 4.69) is 0 Å². The third-order valence-corrected chi connectivity index (χ3v) is 4.60. The van der Waals surface area contributed by atoms with Gasteiger partial charge in [0, 0.05) is 29.2 Å². The Balaban J connectivity index is 1.73. The van der Waals surface area contributed by atoms with Gasteiger partial charge in [0.25, 0.3) is 5.91 Å². The largest absolute Gasteiger partial charge is 0.385 e. The van der Waals surface area contributed by atoms with Crippen LogP contribution in [0, 0.1) is 0 Å². The Labute approximate surface area is 135 Å². The average Bonchev–Trinajstić information content (AvgIpc) is 2.56. The highest BCUT2D eigenvalue weighted by molar-refractivity contribution is 6.31. The maximum Gasteiger partial charge on any atom is 0.253 e. The van der Waals surface area contributed by atoms with E-state index in [1.807, 2.05) is 48.5 Å². The number of piperidine rings is 1. The van der Waals surface area contributed by atoms with Crippen LogP contribution in [-0.2, 0) is 5.60 Å². The number of carbonyl (C=O) groups is 1. The van der Waals surface area contributed by atoms with Crippen molar-refractivity contribution in [1.82, 2.24) is 4.90 Å². The van der Waals surface area contributed by atoms with Crippen LogP contribution in [0.3, 0.4) is 0 Å². The fourth-order valence-corrected chi connectivity index (χ4v) is 3.26. The normalized spacial score (nSPS) is 17.3. The molecule has 0 unspecified atom stereocenters. The van der Waals surface area contributed by atoms with Gasteiger partial charge in [-0.05, 0) is 31.0 Å². The number of hydrogen-bond acceptors (Lipinski definition) is 2. The van der Waals surface area contributed by atoms with Gasteiger partial charge in [0.2, 0.25) is 0 Å². The molecule has 1 N–H and O–H groups in total. The first-order valence-corrected chi connectivity index (χ1v) is 7.80. The molecular formula is C18H18ClNO2. The molecule has 3 rings (SSSR count). The van der Waals surface area contributed by atoms with Gasteiger partial charge in [-0.1, -0.05) is 48.0 Å². The average molecular weight is 316 g/mol. The number of rotatable bonds is 2. The van der Waals surface area contributed by atoms with Crippen molar-refractivity contribution in [2.75, 3.05) is 13.1 Å². The molecule has 1 aliphatic rings. The Morgan fingerprint density at radius 2 is 1.59 bits per heavy atom. The van der Waals surface area contributed by atoms with Crippen molar-refractivity contribution in [2.45, 2.75) is 18.4 Å². The van der Waals surface area contributed by atoms with Gasteiger partial charge in [-0.25, -0.2) is 0 Å². The van der Waals surface area contributed by atoms with E-state index in [1.165, 1.54) is 0 Å². The van der Waals surface area contributed by atoms with E-state index in [1.54, 1.807) is 11.0 Å². The van der Waals surface area contributed by atoms with E-state index in [9.17, 15) is 9.90 Å². The molecule has 0 radical (unpaired) electrons. The Hall–Kier alpha value is -1.84. The Morgan fingerprint density at radius 3 is 2.23 bits per heavy atom. The molecular weight excluding hydrogens is 298 g/mol. The van der Waals surface area contributed by atoms with E-state index in [4.69, 9.17) is 11.6 Å². The van der Waals surface area contributed by atoms with Gasteiger partial charge >= 0.3 is 0 Å². The number of nitrogens with zero attached hydrogens (tertiary/aromatic N) is 1. The lowest BCUT2D eigenvalue weighted by Crippen LogP contribution is -2.45. The van der Waals surface area contributed by atoms with E-state index in [-0.39, 0.29) is 5.91 Å². The molecule has 0 spiro atoms. The number of hydrogen-bond donors (Lipinski definition) is 1.